The predicted molar refractivity (Wildman–Crippen MR) is 155 cm³/mol. The van der Waals surface area contributed by atoms with Crippen molar-refractivity contribution in [2.24, 2.45) is 0 Å². The van der Waals surface area contributed by atoms with Crippen molar-refractivity contribution in [1.29, 1.82) is 0 Å². The molecule has 39 heavy (non-hydrogen) atoms. The Kier molecular flexibility index (Phi) is 9.51. The van der Waals surface area contributed by atoms with Gasteiger partial charge in [-0.25, -0.2) is 9.59 Å². The van der Waals surface area contributed by atoms with Gasteiger partial charge >= 0.3 is 12.0 Å². The minimum absolute atomic E-state index is 0.251. The molecule has 9 heteroatoms. The molecule has 0 saturated carbocycles. The highest BCUT2D eigenvalue weighted by Crippen LogP contribution is 2.29. The summed E-state index contributed by atoms with van der Waals surface area (Å²) in [6, 6.07) is 21.7. The molecule has 1 atom stereocenters. The van der Waals surface area contributed by atoms with Crippen molar-refractivity contribution >= 4 is 50.8 Å². The van der Waals surface area contributed by atoms with Crippen LogP contribution in [-0.4, -0.2) is 40.8 Å². The van der Waals surface area contributed by atoms with E-state index < -0.39 is 24.5 Å². The molecule has 0 saturated heterocycles. The van der Waals surface area contributed by atoms with Gasteiger partial charge in [0.25, 0.3) is 5.91 Å². The van der Waals surface area contributed by atoms with Crippen molar-refractivity contribution in [1.82, 2.24) is 5.32 Å². The van der Waals surface area contributed by atoms with Gasteiger partial charge in [0, 0.05) is 21.4 Å². The molecule has 1 aliphatic carbocycles. The van der Waals surface area contributed by atoms with Gasteiger partial charge in [-0.15, -0.1) is 0 Å². The monoisotopic (exact) mass is 591 g/mol. The molecule has 3 aromatic carbocycles. The van der Waals surface area contributed by atoms with Gasteiger partial charge in [-0.3, -0.25) is 9.69 Å². The fraction of sp³-hybridized carbons (Fsp3) is 0.233. The molecule has 0 aliphatic heterocycles. The number of carboxylic acid groups (broad SMARTS) is 1. The first-order valence-corrected chi connectivity index (χ1v) is 13.5. The van der Waals surface area contributed by atoms with E-state index >= 15 is 0 Å². The normalized spacial score (nSPS) is 13.6. The first-order chi connectivity index (χ1) is 18.8. The topological polar surface area (TPSA) is 119 Å². The van der Waals surface area contributed by atoms with Crippen LogP contribution in [0.1, 0.15) is 47.2 Å². The number of aliphatic carboxylic acids is 1. The molecular weight excluding hydrogens is 562 g/mol. The molecule has 0 radical (unpaired) electrons. The fourth-order valence-electron chi connectivity index (χ4n) is 4.32. The van der Waals surface area contributed by atoms with E-state index in [1.54, 1.807) is 29.2 Å². The number of allylic oxidation sites excluding steroid dienone is 2. The molecule has 4 rings (SSSR count). The van der Waals surface area contributed by atoms with Gasteiger partial charge in [0.1, 0.15) is 0 Å². The van der Waals surface area contributed by atoms with Gasteiger partial charge < -0.3 is 20.8 Å². The van der Waals surface area contributed by atoms with Crippen LogP contribution in [0.4, 0.5) is 16.2 Å². The van der Waals surface area contributed by atoms with Crippen LogP contribution < -0.4 is 15.5 Å². The summed E-state index contributed by atoms with van der Waals surface area (Å²) >= 11 is 3.43. The van der Waals surface area contributed by atoms with Crippen LogP contribution in [0.15, 0.2) is 83.3 Å². The molecule has 0 heterocycles. The van der Waals surface area contributed by atoms with Crippen LogP contribution in [0.25, 0.3) is 5.57 Å². The highest BCUT2D eigenvalue weighted by atomic mass is 79.9. The van der Waals surface area contributed by atoms with Gasteiger partial charge in [-0.05, 0) is 84.8 Å². The summed E-state index contributed by atoms with van der Waals surface area (Å²) in [5, 5.41) is 23.5. The highest BCUT2D eigenvalue weighted by molar-refractivity contribution is 9.10. The first kappa shape index (κ1) is 28.1. The number of hydrogen-bond donors (Lipinski definition) is 4. The SMILES string of the molecule is O=C(NC[C@@H](O)C(=O)O)c1ccc(CN(C(=O)Nc2cccc(Br)c2)c2ccc(C3=CCCCC3)cc2)cc1. The van der Waals surface area contributed by atoms with E-state index in [4.69, 9.17) is 5.11 Å². The number of carbonyl (C=O) groups excluding carboxylic acids is 2. The Labute approximate surface area is 235 Å². The van der Waals surface area contributed by atoms with E-state index in [1.807, 2.05) is 48.5 Å². The van der Waals surface area contributed by atoms with Crippen molar-refractivity contribution in [3.05, 3.63) is 100 Å². The molecular formula is C30H30BrN3O5. The van der Waals surface area contributed by atoms with E-state index in [-0.39, 0.29) is 12.6 Å². The van der Waals surface area contributed by atoms with Gasteiger partial charge in [0.05, 0.1) is 13.1 Å². The number of aliphatic hydroxyl groups excluding tert-OH is 1. The van der Waals surface area contributed by atoms with Crippen molar-refractivity contribution < 1.29 is 24.6 Å². The van der Waals surface area contributed by atoms with E-state index in [0.29, 0.717) is 11.3 Å². The molecule has 4 N–H and O–H groups in total. The molecule has 3 amide bonds. The third kappa shape index (κ3) is 7.78. The Morgan fingerprint density at radius 3 is 2.36 bits per heavy atom. The van der Waals surface area contributed by atoms with Crippen LogP contribution in [-0.2, 0) is 11.3 Å². The van der Waals surface area contributed by atoms with E-state index in [0.717, 1.165) is 34.1 Å². The average Bonchev–Trinajstić information content (AvgIpc) is 2.95. The minimum atomic E-state index is -1.67. The molecule has 0 unspecified atom stereocenters. The minimum Gasteiger partial charge on any atom is -0.479 e. The maximum atomic E-state index is 13.4. The number of rotatable bonds is 9. The van der Waals surface area contributed by atoms with Crippen LogP contribution in [0.2, 0.25) is 0 Å². The molecule has 8 nitrogen and oxygen atoms in total. The van der Waals surface area contributed by atoms with Crippen LogP contribution in [0, 0.1) is 0 Å². The van der Waals surface area contributed by atoms with Crippen molar-refractivity contribution in [3.63, 3.8) is 0 Å². The fourth-order valence-corrected chi connectivity index (χ4v) is 4.72. The standard InChI is InChI=1S/C30H30BrN3O5/c31-24-7-4-8-25(17-24)33-30(39)34(26-15-13-22(14-16-26)21-5-2-1-3-6-21)19-20-9-11-23(12-10-20)28(36)32-18-27(35)29(37)38/h4-5,7-17,27,35H,1-3,6,18-19H2,(H,32,36)(H,33,39)(H,37,38)/t27-/m1/s1. The zero-order chi connectivity index (χ0) is 27.8. The zero-order valence-corrected chi connectivity index (χ0v) is 22.9. The number of carbonyl (C=O) groups is 3. The second-order valence-corrected chi connectivity index (χ2v) is 10.2. The summed E-state index contributed by atoms with van der Waals surface area (Å²) in [6.07, 6.45) is 5.16. The maximum absolute atomic E-state index is 13.4. The third-order valence-corrected chi connectivity index (χ3v) is 6.95. The number of aliphatic hydroxyl groups is 1. The van der Waals surface area contributed by atoms with Crippen LogP contribution in [0.3, 0.4) is 0 Å². The van der Waals surface area contributed by atoms with Crippen molar-refractivity contribution in [3.8, 4) is 0 Å². The van der Waals surface area contributed by atoms with Gasteiger partial charge in [0.2, 0.25) is 0 Å². The lowest BCUT2D eigenvalue weighted by atomic mass is 9.93. The molecule has 0 fully saturated rings. The zero-order valence-electron chi connectivity index (χ0n) is 21.3. The van der Waals surface area contributed by atoms with Crippen molar-refractivity contribution in [2.75, 3.05) is 16.8 Å². The van der Waals surface area contributed by atoms with Crippen LogP contribution in [0.5, 0.6) is 0 Å². The first-order valence-electron chi connectivity index (χ1n) is 12.7. The largest absolute Gasteiger partial charge is 0.479 e. The Hall–Kier alpha value is -3.95. The number of benzene rings is 3. The Balaban J connectivity index is 1.52. The van der Waals surface area contributed by atoms with Crippen LogP contribution >= 0.6 is 15.9 Å². The number of hydrogen-bond acceptors (Lipinski definition) is 4. The van der Waals surface area contributed by atoms with E-state index in [2.05, 4.69) is 32.6 Å². The van der Waals surface area contributed by atoms with E-state index in [1.165, 1.54) is 18.4 Å². The average molecular weight is 592 g/mol. The Morgan fingerprint density at radius 2 is 1.72 bits per heavy atom. The number of anilines is 2. The summed E-state index contributed by atoms with van der Waals surface area (Å²) in [4.78, 5) is 38.2. The molecule has 0 aromatic heterocycles. The molecule has 202 valence electrons. The van der Waals surface area contributed by atoms with Gasteiger partial charge in [-0.1, -0.05) is 52.3 Å². The molecule has 0 bridgehead atoms. The maximum Gasteiger partial charge on any atom is 0.334 e. The summed E-state index contributed by atoms with van der Waals surface area (Å²) < 4.78 is 0.849. The predicted octanol–water partition coefficient (Wildman–Crippen LogP) is 5.82. The smallest absolute Gasteiger partial charge is 0.334 e. The second kappa shape index (κ2) is 13.2. The summed E-state index contributed by atoms with van der Waals surface area (Å²) in [7, 11) is 0. The van der Waals surface area contributed by atoms with Gasteiger partial charge in [-0.2, -0.15) is 0 Å². The quantitative estimate of drug-likeness (QED) is 0.250. The number of urea groups is 1. The lowest BCUT2D eigenvalue weighted by molar-refractivity contribution is -0.146. The molecule has 0 spiro atoms. The van der Waals surface area contributed by atoms with E-state index in [9.17, 15) is 19.5 Å². The summed E-state index contributed by atoms with van der Waals surface area (Å²) in [6.45, 7) is -0.145. The second-order valence-electron chi connectivity index (χ2n) is 9.31. The van der Waals surface area contributed by atoms with Crippen molar-refractivity contribution in [2.45, 2.75) is 38.3 Å². The molecule has 1 aliphatic rings. The highest BCUT2D eigenvalue weighted by Gasteiger charge is 2.19. The number of halogens is 1. The number of nitrogens with one attached hydrogen (secondary N) is 2. The van der Waals surface area contributed by atoms with Gasteiger partial charge in [0.15, 0.2) is 6.10 Å². The number of carboxylic acids is 1. The summed E-state index contributed by atoms with van der Waals surface area (Å²) in [5.41, 5.74) is 4.98. The lowest BCUT2D eigenvalue weighted by Crippen LogP contribution is -2.36. The number of nitrogens with zero attached hydrogens (tertiary/aromatic N) is 1. The molecule has 3 aromatic rings. The Morgan fingerprint density at radius 1 is 0.974 bits per heavy atom. The number of amides is 3. The summed E-state index contributed by atoms with van der Waals surface area (Å²) in [5.74, 6) is -1.91. The lowest BCUT2D eigenvalue weighted by Gasteiger charge is -2.24. The Bertz CT molecular complexity index is 1360. The third-order valence-electron chi connectivity index (χ3n) is 6.46.